The lowest BCUT2D eigenvalue weighted by Crippen LogP contribution is -2.45. The second kappa shape index (κ2) is 11.8. The molecule has 2 rings (SSSR count). The summed E-state index contributed by atoms with van der Waals surface area (Å²) in [4.78, 5) is 50.9. The number of ether oxygens (including phenoxy) is 3. The maximum absolute atomic E-state index is 16.4. The first-order valence-corrected chi connectivity index (χ1v) is 11.7. The fraction of sp³-hybridized carbons (Fsp3) is 0.385. The van der Waals surface area contributed by atoms with Crippen molar-refractivity contribution in [3.05, 3.63) is 47.8 Å². The molecule has 0 radical (unpaired) electrons. The van der Waals surface area contributed by atoms with Crippen LogP contribution in [-0.4, -0.2) is 48.6 Å². The Kier molecular flexibility index (Phi) is 9.40. The summed E-state index contributed by atoms with van der Waals surface area (Å²) in [7, 11) is 0.933. The van der Waals surface area contributed by atoms with Crippen LogP contribution in [0.1, 0.15) is 51.9 Å². The summed E-state index contributed by atoms with van der Waals surface area (Å²) in [5.74, 6) is -5.38. The van der Waals surface area contributed by atoms with Gasteiger partial charge in [0.2, 0.25) is 0 Å². The summed E-state index contributed by atoms with van der Waals surface area (Å²) >= 11 is 0. The number of para-hydroxylation sites is 1. The number of hydrogen-bond acceptors (Lipinski definition) is 8. The number of nitrogens with zero attached hydrogens (tertiary/aromatic N) is 1. The van der Waals surface area contributed by atoms with Crippen LogP contribution < -0.4 is 15.5 Å². The molecule has 2 aromatic carbocycles. The number of carbonyl (C=O) groups excluding carboxylic acids is 4. The van der Waals surface area contributed by atoms with Gasteiger partial charge in [-0.1, -0.05) is 18.2 Å². The molecule has 0 aliphatic heterocycles. The number of rotatable bonds is 5. The smallest absolute Gasteiger partial charge is 0.465 e. The van der Waals surface area contributed by atoms with E-state index in [1.165, 1.54) is 59.0 Å². The molecule has 2 N–H and O–H groups in total. The maximum Gasteiger partial charge on any atom is 0.471 e. The molecule has 2 aromatic rings. The number of benzene rings is 2. The fourth-order valence-electron chi connectivity index (χ4n) is 3.08. The predicted molar refractivity (Wildman–Crippen MR) is 137 cm³/mol. The van der Waals surface area contributed by atoms with Crippen LogP contribution in [0.3, 0.4) is 0 Å². The number of nitrogens with one attached hydrogen (secondary N) is 2. The molecule has 0 bridgehead atoms. The minimum Gasteiger partial charge on any atom is -0.465 e. The quantitative estimate of drug-likeness (QED) is 0.236. The maximum atomic E-state index is 16.4. The van der Waals surface area contributed by atoms with Crippen LogP contribution in [0.4, 0.5) is 49.9 Å². The van der Waals surface area contributed by atoms with Crippen molar-refractivity contribution >= 4 is 46.8 Å². The van der Waals surface area contributed by atoms with Crippen LogP contribution in [-0.2, 0) is 19.0 Å². The van der Waals surface area contributed by atoms with Crippen molar-refractivity contribution in [3.63, 3.8) is 0 Å². The lowest BCUT2D eigenvalue weighted by atomic mass is 10.1. The molecular formula is C26H29F4N3O7. The summed E-state index contributed by atoms with van der Waals surface area (Å²) < 4.78 is 71.1. The van der Waals surface area contributed by atoms with Gasteiger partial charge >= 0.3 is 30.2 Å². The Balaban J connectivity index is 2.97. The molecule has 0 aromatic heterocycles. The van der Waals surface area contributed by atoms with E-state index in [1.807, 2.05) is 0 Å². The number of alkyl halides is 3. The van der Waals surface area contributed by atoms with Crippen molar-refractivity contribution < 1.29 is 51.0 Å². The van der Waals surface area contributed by atoms with E-state index in [2.05, 4.69) is 10.1 Å². The molecule has 0 aliphatic rings. The van der Waals surface area contributed by atoms with Crippen molar-refractivity contribution in [1.82, 2.24) is 0 Å². The van der Waals surface area contributed by atoms with E-state index in [4.69, 9.17) is 9.47 Å². The predicted octanol–water partition coefficient (Wildman–Crippen LogP) is 6.53. The van der Waals surface area contributed by atoms with Crippen LogP contribution in [0.2, 0.25) is 0 Å². The van der Waals surface area contributed by atoms with E-state index in [9.17, 15) is 32.3 Å². The minimum absolute atomic E-state index is 0.00491. The van der Waals surface area contributed by atoms with Gasteiger partial charge in [0.15, 0.2) is 5.82 Å². The third-order valence-electron chi connectivity index (χ3n) is 4.57. The van der Waals surface area contributed by atoms with Crippen molar-refractivity contribution in [3.8, 4) is 0 Å². The number of hydrogen-bond donors (Lipinski definition) is 2. The van der Waals surface area contributed by atoms with E-state index < -0.39 is 69.9 Å². The Hall–Kier alpha value is -4.36. The van der Waals surface area contributed by atoms with Gasteiger partial charge < -0.3 is 24.8 Å². The van der Waals surface area contributed by atoms with Gasteiger partial charge in [0, 0.05) is 5.69 Å². The number of halogens is 4. The minimum atomic E-state index is -5.47. The average molecular weight is 572 g/mol. The second-order valence-electron chi connectivity index (χ2n) is 10.2. The second-order valence-corrected chi connectivity index (χ2v) is 10.2. The van der Waals surface area contributed by atoms with Crippen LogP contribution in [0, 0.1) is 5.82 Å². The first kappa shape index (κ1) is 31.9. The van der Waals surface area contributed by atoms with Crippen molar-refractivity contribution in [2.24, 2.45) is 0 Å². The number of carbonyl (C=O) groups is 4. The Labute approximate surface area is 227 Å². The van der Waals surface area contributed by atoms with Crippen LogP contribution in [0.25, 0.3) is 0 Å². The lowest BCUT2D eigenvalue weighted by Gasteiger charge is -2.30. The molecule has 218 valence electrons. The van der Waals surface area contributed by atoms with Gasteiger partial charge in [0.25, 0.3) is 0 Å². The summed E-state index contributed by atoms with van der Waals surface area (Å²) in [6, 6.07) is 8.32. The highest BCUT2D eigenvalue weighted by Gasteiger charge is 2.42. The monoisotopic (exact) mass is 571 g/mol. The highest BCUT2D eigenvalue weighted by atomic mass is 19.4. The largest absolute Gasteiger partial charge is 0.471 e. The molecule has 0 saturated heterocycles. The first-order valence-electron chi connectivity index (χ1n) is 11.7. The topological polar surface area (TPSA) is 123 Å². The molecule has 0 atom stereocenters. The van der Waals surface area contributed by atoms with Crippen LogP contribution in [0.5, 0.6) is 0 Å². The van der Waals surface area contributed by atoms with E-state index in [0.717, 1.165) is 7.11 Å². The zero-order valence-corrected chi connectivity index (χ0v) is 22.8. The van der Waals surface area contributed by atoms with Gasteiger partial charge in [-0.3, -0.25) is 4.79 Å². The molecule has 0 saturated carbocycles. The van der Waals surface area contributed by atoms with E-state index in [0.29, 0.717) is 6.07 Å². The SMILES string of the molecule is COC(=O)c1cc(NC(=O)C(F)(F)F)c(N(C(=O)OC(C)(C)C)C(=O)OC(C)(C)C)c(F)c1Nc1ccccc1. The average Bonchev–Trinajstić information content (AvgIpc) is 2.80. The third kappa shape index (κ3) is 8.32. The molecule has 0 unspecified atom stereocenters. The van der Waals surface area contributed by atoms with Gasteiger partial charge in [-0.2, -0.15) is 18.1 Å². The first-order chi connectivity index (χ1) is 18.2. The lowest BCUT2D eigenvalue weighted by molar-refractivity contribution is -0.167. The Morgan fingerprint density at radius 3 is 1.77 bits per heavy atom. The zero-order valence-electron chi connectivity index (χ0n) is 22.8. The van der Waals surface area contributed by atoms with Crippen LogP contribution in [0.15, 0.2) is 36.4 Å². The Morgan fingerprint density at radius 1 is 0.850 bits per heavy atom. The molecule has 0 aliphatic carbocycles. The molecule has 40 heavy (non-hydrogen) atoms. The third-order valence-corrected chi connectivity index (χ3v) is 4.57. The van der Waals surface area contributed by atoms with Crippen molar-refractivity contribution in [1.29, 1.82) is 0 Å². The number of methoxy groups -OCH3 is 1. The normalized spacial score (nSPS) is 11.8. The fourth-order valence-corrected chi connectivity index (χ4v) is 3.08. The van der Waals surface area contributed by atoms with E-state index >= 15 is 4.39 Å². The number of esters is 1. The van der Waals surface area contributed by atoms with Gasteiger partial charge in [-0.25, -0.2) is 18.8 Å². The molecule has 0 spiro atoms. The van der Waals surface area contributed by atoms with Crippen molar-refractivity contribution in [2.75, 3.05) is 22.6 Å². The van der Waals surface area contributed by atoms with Gasteiger partial charge in [0.05, 0.1) is 24.0 Å². The standard InChI is InChI=1S/C26H29F4N3O7/c1-24(2,3)39-22(36)33(23(37)40-25(4,5)6)19-16(32-21(35)26(28,29)30)13-15(20(34)38-7)18(17(19)27)31-14-11-9-8-10-12-14/h8-13,31H,1-7H3,(H,32,35). The summed E-state index contributed by atoms with van der Waals surface area (Å²) in [6.45, 7) is 8.52. The summed E-state index contributed by atoms with van der Waals surface area (Å²) in [5, 5.41) is 4.02. The number of amides is 3. The summed E-state index contributed by atoms with van der Waals surface area (Å²) in [5.41, 5.74) is -5.93. The molecule has 3 amide bonds. The summed E-state index contributed by atoms with van der Waals surface area (Å²) in [6.07, 6.45) is -8.55. The number of imide groups is 1. The van der Waals surface area contributed by atoms with Gasteiger partial charge in [-0.15, -0.1) is 0 Å². The zero-order chi connectivity index (χ0) is 30.6. The molecule has 14 heteroatoms. The van der Waals surface area contributed by atoms with Gasteiger partial charge in [0.1, 0.15) is 16.9 Å². The molecular weight excluding hydrogens is 542 g/mol. The Morgan fingerprint density at radius 2 is 1.35 bits per heavy atom. The highest BCUT2D eigenvalue weighted by Crippen LogP contribution is 2.40. The Bertz CT molecular complexity index is 1260. The molecule has 10 nitrogen and oxygen atoms in total. The van der Waals surface area contributed by atoms with Crippen molar-refractivity contribution in [2.45, 2.75) is 58.9 Å². The number of anilines is 4. The van der Waals surface area contributed by atoms with E-state index in [-0.39, 0.29) is 10.6 Å². The van der Waals surface area contributed by atoms with E-state index in [1.54, 1.807) is 18.2 Å². The molecule has 0 fully saturated rings. The highest BCUT2D eigenvalue weighted by molar-refractivity contribution is 6.15. The van der Waals surface area contributed by atoms with Crippen LogP contribution >= 0.6 is 0 Å². The van der Waals surface area contributed by atoms with Gasteiger partial charge in [-0.05, 0) is 59.7 Å². The molecule has 0 heterocycles.